The van der Waals surface area contributed by atoms with Crippen LogP contribution in [0.4, 0.5) is 0 Å². The monoisotopic (exact) mass is 210 g/mol. The second-order valence-electron chi connectivity index (χ2n) is 3.21. The number of hydrogen-bond acceptors (Lipinski definition) is 3. The van der Waals surface area contributed by atoms with Crippen molar-refractivity contribution < 1.29 is 19.4 Å². The van der Waals surface area contributed by atoms with Crippen molar-refractivity contribution in [1.29, 1.82) is 0 Å². The number of aliphatic carboxylic acids is 1. The Morgan fingerprint density at radius 2 is 2.00 bits per heavy atom. The van der Waals surface area contributed by atoms with Crippen LogP contribution in [0.2, 0.25) is 0 Å². The average Bonchev–Trinajstić information content (AvgIpc) is 2.20. The summed E-state index contributed by atoms with van der Waals surface area (Å²) < 4.78 is 10.0. The molecule has 0 aliphatic carbocycles. The van der Waals surface area contributed by atoms with Gasteiger partial charge in [-0.05, 0) is 19.1 Å². The van der Waals surface area contributed by atoms with Crippen LogP contribution in [0.1, 0.15) is 5.56 Å². The van der Waals surface area contributed by atoms with Gasteiger partial charge in [-0.25, -0.2) is 4.79 Å². The molecule has 82 valence electrons. The molecular formula is C11H14O4. The number of carbonyl (C=O) groups is 1. The number of carboxylic acids is 1. The molecular weight excluding hydrogens is 196 g/mol. The van der Waals surface area contributed by atoms with E-state index in [1.165, 1.54) is 7.11 Å². The molecule has 0 fully saturated rings. The summed E-state index contributed by atoms with van der Waals surface area (Å²) in [6.07, 6.45) is -0.960. The number of ether oxygens (including phenoxy) is 2. The maximum Gasteiger partial charge on any atom is 0.347 e. The molecule has 4 heteroatoms. The molecule has 0 saturated carbocycles. The molecule has 1 atom stereocenters. The summed E-state index contributed by atoms with van der Waals surface area (Å²) in [4.78, 5) is 10.8. The fourth-order valence-corrected chi connectivity index (χ4v) is 1.09. The summed E-state index contributed by atoms with van der Waals surface area (Å²) >= 11 is 0. The molecule has 0 aromatic heterocycles. The maximum absolute atomic E-state index is 10.8. The van der Waals surface area contributed by atoms with Gasteiger partial charge in [0.15, 0.2) is 0 Å². The second kappa shape index (κ2) is 5.36. The first-order valence-corrected chi connectivity index (χ1v) is 4.58. The van der Waals surface area contributed by atoms with Gasteiger partial charge in [0.05, 0.1) is 6.61 Å². The molecule has 1 unspecified atom stereocenters. The van der Waals surface area contributed by atoms with E-state index in [1.54, 1.807) is 12.1 Å². The highest BCUT2D eigenvalue weighted by Gasteiger charge is 2.18. The Kier molecular flexibility index (Phi) is 4.12. The van der Waals surface area contributed by atoms with Crippen molar-refractivity contribution in [2.45, 2.75) is 13.0 Å². The zero-order chi connectivity index (χ0) is 11.3. The number of methoxy groups -OCH3 is 1. The second-order valence-corrected chi connectivity index (χ2v) is 3.21. The van der Waals surface area contributed by atoms with E-state index >= 15 is 0 Å². The van der Waals surface area contributed by atoms with E-state index in [0.29, 0.717) is 5.75 Å². The van der Waals surface area contributed by atoms with E-state index in [-0.39, 0.29) is 6.61 Å². The summed E-state index contributed by atoms with van der Waals surface area (Å²) in [6, 6.07) is 7.20. The van der Waals surface area contributed by atoms with Crippen LogP contribution < -0.4 is 4.74 Å². The highest BCUT2D eigenvalue weighted by atomic mass is 16.5. The standard InChI is InChI=1S/C11H14O4/c1-8-3-5-9(6-4-8)15-10(7-14-2)11(12)13/h3-6,10H,7H2,1-2H3,(H,12,13). The Labute approximate surface area is 88.4 Å². The minimum absolute atomic E-state index is 0.0310. The van der Waals surface area contributed by atoms with Crippen LogP contribution in [0, 0.1) is 6.92 Å². The van der Waals surface area contributed by atoms with Crippen LogP contribution in [-0.4, -0.2) is 30.9 Å². The lowest BCUT2D eigenvalue weighted by molar-refractivity contribution is -0.147. The molecule has 1 aromatic carbocycles. The molecule has 1 N–H and O–H groups in total. The molecule has 15 heavy (non-hydrogen) atoms. The third-order valence-electron chi connectivity index (χ3n) is 1.89. The number of rotatable bonds is 5. The van der Waals surface area contributed by atoms with Crippen molar-refractivity contribution in [1.82, 2.24) is 0 Å². The number of carboxylic acid groups (broad SMARTS) is 1. The summed E-state index contributed by atoms with van der Waals surface area (Å²) in [5.74, 6) is -0.498. The van der Waals surface area contributed by atoms with Crippen LogP contribution in [-0.2, 0) is 9.53 Å². The van der Waals surface area contributed by atoms with E-state index in [4.69, 9.17) is 14.6 Å². The minimum atomic E-state index is -1.03. The van der Waals surface area contributed by atoms with E-state index in [2.05, 4.69) is 0 Å². The van der Waals surface area contributed by atoms with Gasteiger partial charge in [-0.1, -0.05) is 17.7 Å². The molecule has 1 aromatic rings. The number of hydrogen-bond donors (Lipinski definition) is 1. The van der Waals surface area contributed by atoms with Crippen molar-refractivity contribution >= 4 is 5.97 Å². The summed E-state index contributed by atoms with van der Waals surface area (Å²) in [6.45, 7) is 1.98. The normalized spacial score (nSPS) is 12.1. The van der Waals surface area contributed by atoms with E-state index in [9.17, 15) is 4.79 Å². The zero-order valence-corrected chi connectivity index (χ0v) is 8.77. The van der Waals surface area contributed by atoms with Crippen molar-refractivity contribution in [3.63, 3.8) is 0 Å². The van der Waals surface area contributed by atoms with E-state index < -0.39 is 12.1 Å². The first kappa shape index (κ1) is 11.5. The minimum Gasteiger partial charge on any atom is -0.478 e. The highest BCUT2D eigenvalue weighted by molar-refractivity contribution is 5.72. The van der Waals surface area contributed by atoms with Gasteiger partial charge in [0.25, 0.3) is 0 Å². The molecule has 0 amide bonds. The van der Waals surface area contributed by atoms with Gasteiger partial charge in [0.2, 0.25) is 6.10 Å². The fraction of sp³-hybridized carbons (Fsp3) is 0.364. The Bertz CT molecular complexity index is 318. The number of aryl methyl sites for hydroxylation is 1. The molecule has 0 heterocycles. The first-order chi connectivity index (χ1) is 7.13. The topological polar surface area (TPSA) is 55.8 Å². The first-order valence-electron chi connectivity index (χ1n) is 4.58. The van der Waals surface area contributed by atoms with Gasteiger partial charge in [-0.15, -0.1) is 0 Å². The van der Waals surface area contributed by atoms with Gasteiger partial charge >= 0.3 is 5.97 Å². The quantitative estimate of drug-likeness (QED) is 0.799. The van der Waals surface area contributed by atoms with Crippen molar-refractivity contribution in [3.05, 3.63) is 29.8 Å². The van der Waals surface area contributed by atoms with Gasteiger partial charge in [0, 0.05) is 7.11 Å². The zero-order valence-electron chi connectivity index (χ0n) is 8.77. The Balaban J connectivity index is 2.65. The van der Waals surface area contributed by atoms with Gasteiger partial charge in [0.1, 0.15) is 5.75 Å². The number of benzene rings is 1. The molecule has 0 spiro atoms. The largest absolute Gasteiger partial charge is 0.478 e. The molecule has 4 nitrogen and oxygen atoms in total. The lowest BCUT2D eigenvalue weighted by Gasteiger charge is -2.13. The smallest absolute Gasteiger partial charge is 0.347 e. The van der Waals surface area contributed by atoms with Crippen molar-refractivity contribution in [2.75, 3.05) is 13.7 Å². The highest BCUT2D eigenvalue weighted by Crippen LogP contribution is 2.13. The summed E-state index contributed by atoms with van der Waals surface area (Å²) in [5.41, 5.74) is 1.10. The molecule has 0 aliphatic heterocycles. The third-order valence-corrected chi connectivity index (χ3v) is 1.89. The lowest BCUT2D eigenvalue weighted by atomic mass is 10.2. The van der Waals surface area contributed by atoms with Gasteiger partial charge in [-0.3, -0.25) is 0 Å². The summed E-state index contributed by atoms with van der Waals surface area (Å²) in [7, 11) is 1.44. The van der Waals surface area contributed by atoms with Gasteiger partial charge < -0.3 is 14.6 Å². The van der Waals surface area contributed by atoms with Crippen LogP contribution in [0.15, 0.2) is 24.3 Å². The lowest BCUT2D eigenvalue weighted by Crippen LogP contribution is -2.31. The Hall–Kier alpha value is -1.55. The molecule has 0 aliphatic rings. The molecule has 0 radical (unpaired) electrons. The van der Waals surface area contributed by atoms with Crippen molar-refractivity contribution in [2.24, 2.45) is 0 Å². The Morgan fingerprint density at radius 1 is 1.40 bits per heavy atom. The predicted octanol–water partition coefficient (Wildman–Crippen LogP) is 1.47. The summed E-state index contributed by atoms with van der Waals surface area (Å²) in [5, 5.41) is 8.82. The van der Waals surface area contributed by atoms with Crippen LogP contribution in [0.5, 0.6) is 5.75 Å². The van der Waals surface area contributed by atoms with Crippen LogP contribution in [0.3, 0.4) is 0 Å². The fourth-order valence-electron chi connectivity index (χ4n) is 1.09. The SMILES string of the molecule is COCC(Oc1ccc(C)cc1)C(=O)O. The Morgan fingerprint density at radius 3 is 2.47 bits per heavy atom. The van der Waals surface area contributed by atoms with Crippen LogP contribution >= 0.6 is 0 Å². The predicted molar refractivity (Wildman–Crippen MR) is 55.1 cm³/mol. The maximum atomic E-state index is 10.8. The van der Waals surface area contributed by atoms with Gasteiger partial charge in [-0.2, -0.15) is 0 Å². The third kappa shape index (κ3) is 3.59. The van der Waals surface area contributed by atoms with E-state index in [1.807, 2.05) is 19.1 Å². The molecule has 0 saturated heterocycles. The van der Waals surface area contributed by atoms with Crippen LogP contribution in [0.25, 0.3) is 0 Å². The average molecular weight is 210 g/mol. The molecule has 0 bridgehead atoms. The van der Waals surface area contributed by atoms with E-state index in [0.717, 1.165) is 5.56 Å². The molecule has 1 rings (SSSR count). The van der Waals surface area contributed by atoms with Crippen molar-refractivity contribution in [3.8, 4) is 5.75 Å².